The Morgan fingerprint density at radius 1 is 0.917 bits per heavy atom. The number of aromatic nitrogens is 3. The lowest BCUT2D eigenvalue weighted by molar-refractivity contribution is 0.601. The van der Waals surface area contributed by atoms with Gasteiger partial charge in [0.1, 0.15) is 15.6 Å². The normalized spacial score (nSPS) is 11.7. The quantitative estimate of drug-likeness (QED) is 0.253. The number of para-hydroxylation sites is 1. The Hall–Kier alpha value is -3.79. The summed E-state index contributed by atoms with van der Waals surface area (Å²) in [4.78, 5) is 5.63. The van der Waals surface area contributed by atoms with Gasteiger partial charge in [-0.1, -0.05) is 30.3 Å². The zero-order valence-electron chi connectivity index (χ0n) is 19.1. The molecule has 0 aliphatic carbocycles. The molecule has 0 saturated carbocycles. The van der Waals surface area contributed by atoms with Crippen LogP contribution in [0.25, 0.3) is 37.0 Å². The lowest BCUT2D eigenvalue weighted by atomic mass is 10.2. The number of fused-ring (bicyclic) bond motifs is 1. The summed E-state index contributed by atoms with van der Waals surface area (Å²) in [7, 11) is -3.90. The summed E-state index contributed by atoms with van der Waals surface area (Å²) in [6.45, 7) is 2.06. The first-order valence-electron chi connectivity index (χ1n) is 11.2. The molecule has 0 fully saturated rings. The highest BCUT2D eigenvalue weighted by Crippen LogP contribution is 2.33. The molecule has 0 radical (unpaired) electrons. The zero-order valence-corrected chi connectivity index (χ0v) is 21.6. The maximum absolute atomic E-state index is 13.5. The van der Waals surface area contributed by atoms with Crippen LogP contribution < -0.4 is 4.72 Å². The van der Waals surface area contributed by atoms with Crippen LogP contribution in [0, 0.1) is 6.92 Å². The van der Waals surface area contributed by atoms with Gasteiger partial charge in [-0.3, -0.25) is 4.72 Å². The molecule has 3 aromatic carbocycles. The van der Waals surface area contributed by atoms with E-state index in [1.54, 1.807) is 34.3 Å². The summed E-state index contributed by atoms with van der Waals surface area (Å²) >= 11 is 3.07. The number of hydrogen-bond acceptors (Lipinski definition) is 6. The van der Waals surface area contributed by atoms with E-state index in [1.807, 2.05) is 72.1 Å². The van der Waals surface area contributed by atoms with Crippen molar-refractivity contribution in [1.82, 2.24) is 14.8 Å². The molecule has 178 valence electrons. The van der Waals surface area contributed by atoms with E-state index in [0.717, 1.165) is 31.4 Å². The van der Waals surface area contributed by atoms with E-state index in [1.165, 1.54) is 16.9 Å². The van der Waals surface area contributed by atoms with Crippen molar-refractivity contribution in [3.8, 4) is 26.8 Å². The molecule has 6 aromatic rings. The van der Waals surface area contributed by atoms with Crippen LogP contribution >= 0.6 is 22.7 Å². The van der Waals surface area contributed by atoms with Gasteiger partial charge in [0.15, 0.2) is 0 Å². The summed E-state index contributed by atoms with van der Waals surface area (Å²) in [5.41, 5.74) is 4.77. The molecule has 0 spiro atoms. The number of nitrogens with zero attached hydrogens (tertiary/aromatic N) is 3. The summed E-state index contributed by atoms with van der Waals surface area (Å²) in [6, 6.07) is 26.7. The minimum absolute atomic E-state index is 0.124. The molecule has 0 saturated heterocycles. The first kappa shape index (κ1) is 22.7. The number of thiazole rings is 1. The summed E-state index contributed by atoms with van der Waals surface area (Å²) < 4.78 is 32.4. The second-order valence-electron chi connectivity index (χ2n) is 8.27. The largest absolute Gasteiger partial charge is 0.280 e. The van der Waals surface area contributed by atoms with Crippen LogP contribution in [-0.4, -0.2) is 23.2 Å². The molecule has 1 N–H and O–H groups in total. The van der Waals surface area contributed by atoms with E-state index in [9.17, 15) is 8.42 Å². The summed E-state index contributed by atoms with van der Waals surface area (Å²) in [5.74, 6) is 0. The number of nitrogens with one attached hydrogen (secondary N) is 1. The summed E-state index contributed by atoms with van der Waals surface area (Å²) in [6.07, 6.45) is 1.56. The number of hydrogen-bond donors (Lipinski definition) is 1. The molecule has 0 unspecified atom stereocenters. The molecule has 0 atom stereocenters. The lowest BCUT2D eigenvalue weighted by Gasteiger charge is -2.08. The van der Waals surface area contributed by atoms with E-state index in [2.05, 4.69) is 22.8 Å². The van der Waals surface area contributed by atoms with Crippen LogP contribution in [0.15, 0.2) is 101 Å². The van der Waals surface area contributed by atoms with Crippen molar-refractivity contribution < 1.29 is 8.42 Å². The summed E-state index contributed by atoms with van der Waals surface area (Å²) in [5, 5.41) is 7.42. The van der Waals surface area contributed by atoms with Gasteiger partial charge in [0.25, 0.3) is 10.0 Å². The minimum Gasteiger partial charge on any atom is -0.280 e. The van der Waals surface area contributed by atoms with E-state index >= 15 is 0 Å². The van der Waals surface area contributed by atoms with Gasteiger partial charge in [0.2, 0.25) is 0 Å². The molecule has 6 rings (SSSR count). The number of rotatable bonds is 6. The second kappa shape index (κ2) is 9.02. The highest BCUT2D eigenvalue weighted by molar-refractivity contribution is 7.92. The first-order chi connectivity index (χ1) is 17.5. The molecule has 0 bridgehead atoms. The Morgan fingerprint density at radius 2 is 1.72 bits per heavy atom. The number of sulfonamides is 1. The van der Waals surface area contributed by atoms with E-state index < -0.39 is 10.0 Å². The molecule has 36 heavy (non-hydrogen) atoms. The van der Waals surface area contributed by atoms with E-state index in [4.69, 9.17) is 4.98 Å². The smallest absolute Gasteiger partial charge is 0.265 e. The topological polar surface area (TPSA) is 76.9 Å². The van der Waals surface area contributed by atoms with Crippen molar-refractivity contribution in [1.29, 1.82) is 0 Å². The van der Waals surface area contributed by atoms with Gasteiger partial charge in [-0.2, -0.15) is 5.10 Å². The monoisotopic (exact) mass is 528 g/mol. The predicted molar refractivity (Wildman–Crippen MR) is 147 cm³/mol. The maximum atomic E-state index is 13.5. The number of thiophene rings is 1. The minimum atomic E-state index is -3.90. The van der Waals surface area contributed by atoms with Crippen molar-refractivity contribution >= 4 is 48.6 Å². The first-order valence-corrected chi connectivity index (χ1v) is 14.3. The Bertz CT molecular complexity index is 1770. The van der Waals surface area contributed by atoms with Crippen molar-refractivity contribution in [3.63, 3.8) is 0 Å². The molecular formula is C27H20N4O2S3. The van der Waals surface area contributed by atoms with Crippen molar-refractivity contribution in [3.05, 3.63) is 102 Å². The van der Waals surface area contributed by atoms with Gasteiger partial charge < -0.3 is 0 Å². The molecule has 9 heteroatoms. The van der Waals surface area contributed by atoms with E-state index in [-0.39, 0.29) is 4.90 Å². The Kier molecular flexibility index (Phi) is 5.67. The molecule has 0 aliphatic rings. The highest BCUT2D eigenvalue weighted by atomic mass is 32.2. The highest BCUT2D eigenvalue weighted by Gasteiger charge is 2.25. The molecule has 3 aromatic heterocycles. The van der Waals surface area contributed by atoms with Gasteiger partial charge in [0, 0.05) is 11.3 Å². The van der Waals surface area contributed by atoms with Crippen LogP contribution in [0.3, 0.4) is 0 Å². The van der Waals surface area contributed by atoms with Crippen LogP contribution in [0.5, 0.6) is 0 Å². The van der Waals surface area contributed by atoms with Gasteiger partial charge in [-0.05, 0) is 72.5 Å². The SMILES string of the molecule is Cc1ccc2nc(-c3ccc(NS(=O)(=O)c4cn(-c5ccccc5)nc4-c4cccs4)cc3)sc2c1. The van der Waals surface area contributed by atoms with Crippen molar-refractivity contribution in [2.75, 3.05) is 4.72 Å². The van der Waals surface area contributed by atoms with Crippen molar-refractivity contribution in [2.45, 2.75) is 11.8 Å². The fourth-order valence-electron chi connectivity index (χ4n) is 3.90. The number of anilines is 1. The maximum Gasteiger partial charge on any atom is 0.265 e. The van der Waals surface area contributed by atoms with Gasteiger partial charge >= 0.3 is 0 Å². The molecule has 0 amide bonds. The van der Waals surface area contributed by atoms with Crippen molar-refractivity contribution in [2.24, 2.45) is 0 Å². The van der Waals surface area contributed by atoms with Crippen LogP contribution in [0.4, 0.5) is 5.69 Å². The van der Waals surface area contributed by atoms with Gasteiger partial charge in [-0.25, -0.2) is 18.1 Å². The third kappa shape index (κ3) is 4.32. The fourth-order valence-corrected chi connectivity index (χ4v) is 6.96. The molecule has 3 heterocycles. The zero-order chi connectivity index (χ0) is 24.7. The Balaban J connectivity index is 1.32. The standard InChI is InChI=1S/C27H20N4O2S3/c1-18-9-14-22-24(16-18)35-27(28-22)19-10-12-20(13-11-19)30-36(32,33)25-17-31(21-6-3-2-4-7-21)29-26(25)23-8-5-15-34-23/h2-17,30H,1H3. The Morgan fingerprint density at radius 3 is 2.47 bits per heavy atom. The van der Waals surface area contributed by atoms with Crippen LogP contribution in [0.2, 0.25) is 0 Å². The predicted octanol–water partition coefficient (Wildman–Crippen LogP) is 6.99. The fraction of sp³-hybridized carbons (Fsp3) is 0.0370. The average Bonchev–Trinajstić information content (AvgIpc) is 3.64. The second-order valence-corrected chi connectivity index (χ2v) is 11.9. The van der Waals surface area contributed by atoms with Crippen LogP contribution in [-0.2, 0) is 10.0 Å². The third-order valence-corrected chi connectivity index (χ3v) is 9.00. The average molecular weight is 529 g/mol. The van der Waals surface area contributed by atoms with Gasteiger partial charge in [-0.15, -0.1) is 22.7 Å². The molecule has 0 aliphatic heterocycles. The lowest BCUT2D eigenvalue weighted by Crippen LogP contribution is -2.13. The van der Waals surface area contributed by atoms with Crippen LogP contribution in [0.1, 0.15) is 5.56 Å². The number of benzene rings is 3. The third-order valence-electron chi connectivity index (χ3n) is 5.67. The molecule has 6 nitrogen and oxygen atoms in total. The number of aryl methyl sites for hydroxylation is 1. The molecular weight excluding hydrogens is 509 g/mol. The Labute approximate surface area is 216 Å². The van der Waals surface area contributed by atoms with E-state index in [0.29, 0.717) is 11.4 Å². The van der Waals surface area contributed by atoms with Gasteiger partial charge in [0.05, 0.1) is 27.0 Å².